The number of hydrogen-bond donors (Lipinski definition) is 0. The highest BCUT2D eigenvalue weighted by Gasteiger charge is 2.48. The zero-order chi connectivity index (χ0) is 12.4. The van der Waals surface area contributed by atoms with Gasteiger partial charge in [-0.25, -0.2) is 4.90 Å². The Morgan fingerprint density at radius 1 is 1.06 bits per heavy atom. The monoisotopic (exact) mass is 248 g/mol. The maximum atomic E-state index is 10.7. The number of benzene rings is 1. The van der Waals surface area contributed by atoms with Crippen LogP contribution in [-0.4, -0.2) is 49.2 Å². The van der Waals surface area contributed by atoms with Gasteiger partial charge in [0, 0.05) is 31.7 Å². The molecule has 0 bridgehead atoms. The molecule has 0 spiro atoms. The van der Waals surface area contributed by atoms with Gasteiger partial charge >= 0.3 is 0 Å². The van der Waals surface area contributed by atoms with Crippen molar-refractivity contribution in [3.8, 4) is 0 Å². The van der Waals surface area contributed by atoms with Crippen LogP contribution in [0.1, 0.15) is 5.56 Å². The van der Waals surface area contributed by atoms with E-state index in [0.717, 1.165) is 25.1 Å². The second kappa shape index (κ2) is 4.68. The lowest BCUT2D eigenvalue weighted by atomic mass is 10.1. The van der Waals surface area contributed by atoms with Crippen LogP contribution in [0.2, 0.25) is 0 Å². The molecule has 18 heavy (non-hydrogen) atoms. The summed E-state index contributed by atoms with van der Waals surface area (Å²) in [6.07, 6.45) is 0.898. The van der Waals surface area contributed by atoms with Crippen molar-refractivity contribution >= 4 is 6.41 Å². The summed E-state index contributed by atoms with van der Waals surface area (Å²) in [5.74, 6) is -0.740. The number of ether oxygens (including phenoxy) is 2. The van der Waals surface area contributed by atoms with Crippen molar-refractivity contribution < 1.29 is 14.3 Å². The summed E-state index contributed by atoms with van der Waals surface area (Å²) < 4.78 is 11.4. The molecule has 2 fully saturated rings. The Labute approximate surface area is 106 Å². The highest BCUT2D eigenvalue weighted by Crippen LogP contribution is 2.38. The van der Waals surface area contributed by atoms with E-state index in [1.165, 1.54) is 0 Å². The molecule has 0 aromatic heterocycles. The minimum atomic E-state index is -0.740. The van der Waals surface area contributed by atoms with Crippen LogP contribution in [-0.2, 0) is 20.2 Å². The Hall–Kier alpha value is -1.43. The topological polar surface area (TPSA) is 42.0 Å². The molecule has 1 aromatic carbocycles. The fraction of sp³-hybridized carbons (Fsp3) is 0.462. The second-order valence-electron chi connectivity index (χ2n) is 4.48. The Morgan fingerprint density at radius 3 is 2.22 bits per heavy atom. The average Bonchev–Trinajstić information content (AvgIpc) is 2.40. The first-order valence-electron chi connectivity index (χ1n) is 6.13. The summed E-state index contributed by atoms with van der Waals surface area (Å²) in [6.45, 7) is 3.26. The van der Waals surface area contributed by atoms with Gasteiger partial charge in [0.2, 0.25) is 6.41 Å². The molecule has 2 heterocycles. The van der Waals surface area contributed by atoms with Crippen LogP contribution >= 0.6 is 0 Å². The molecule has 2 saturated heterocycles. The molecule has 5 nitrogen and oxygen atoms in total. The molecule has 0 radical (unpaired) electrons. The number of carbonyl (C=O) groups is 1. The first-order valence-corrected chi connectivity index (χ1v) is 6.13. The van der Waals surface area contributed by atoms with E-state index in [-0.39, 0.29) is 0 Å². The van der Waals surface area contributed by atoms with Gasteiger partial charge in [0.25, 0.3) is 5.91 Å². The van der Waals surface area contributed by atoms with Crippen LogP contribution < -0.4 is 0 Å². The molecule has 3 rings (SSSR count). The van der Waals surface area contributed by atoms with Crippen LogP contribution in [0.15, 0.2) is 30.3 Å². The number of piperazine rings is 1. The van der Waals surface area contributed by atoms with Gasteiger partial charge in [0.05, 0.1) is 0 Å². The van der Waals surface area contributed by atoms with Crippen molar-refractivity contribution in [1.29, 1.82) is 0 Å². The van der Waals surface area contributed by atoms with Crippen molar-refractivity contribution in [2.24, 2.45) is 0 Å². The Balaban J connectivity index is 1.79. The van der Waals surface area contributed by atoms with Crippen molar-refractivity contribution in [3.05, 3.63) is 35.9 Å². The van der Waals surface area contributed by atoms with Gasteiger partial charge in [0.15, 0.2) is 6.79 Å². The normalized spacial score (nSPS) is 23.4. The first-order chi connectivity index (χ1) is 8.85. The lowest BCUT2D eigenvalue weighted by Gasteiger charge is -2.50. The van der Waals surface area contributed by atoms with Gasteiger partial charge < -0.3 is 14.4 Å². The van der Waals surface area contributed by atoms with Gasteiger partial charge in [-0.05, 0) is 0 Å². The number of carbonyl (C=O) groups excluding carboxylic acids is 1. The molecular formula is C13H16N2O3. The van der Waals surface area contributed by atoms with Gasteiger partial charge in [0.1, 0.15) is 0 Å². The average molecular weight is 248 g/mol. The van der Waals surface area contributed by atoms with E-state index in [1.807, 2.05) is 30.3 Å². The van der Waals surface area contributed by atoms with Crippen LogP contribution in [0.3, 0.4) is 0 Å². The fourth-order valence-electron chi connectivity index (χ4n) is 2.47. The maximum absolute atomic E-state index is 10.7. The predicted octanol–water partition coefficient (Wildman–Crippen LogP) is 0.575. The number of amides is 1. The van der Waals surface area contributed by atoms with E-state index < -0.39 is 5.91 Å². The quantitative estimate of drug-likeness (QED) is 0.734. The van der Waals surface area contributed by atoms with E-state index >= 15 is 0 Å². The lowest BCUT2D eigenvalue weighted by molar-refractivity contribution is -0.469. The van der Waals surface area contributed by atoms with Gasteiger partial charge in [-0.2, -0.15) is 0 Å². The second-order valence-corrected chi connectivity index (χ2v) is 4.48. The number of nitrogens with zero attached hydrogens (tertiary/aromatic N) is 2. The van der Waals surface area contributed by atoms with Gasteiger partial charge in [-0.1, -0.05) is 30.3 Å². The van der Waals surface area contributed by atoms with E-state index in [9.17, 15) is 4.79 Å². The maximum Gasteiger partial charge on any atom is 0.262 e. The zero-order valence-electron chi connectivity index (χ0n) is 10.1. The summed E-state index contributed by atoms with van der Waals surface area (Å²) in [5, 5.41) is 0. The highest BCUT2D eigenvalue weighted by molar-refractivity contribution is 5.47. The van der Waals surface area contributed by atoms with Gasteiger partial charge in [-0.15, -0.1) is 0 Å². The van der Waals surface area contributed by atoms with E-state index in [4.69, 9.17) is 9.47 Å². The minimum Gasteiger partial charge on any atom is -0.343 e. The van der Waals surface area contributed by atoms with Crippen LogP contribution in [0, 0.1) is 0 Å². The van der Waals surface area contributed by atoms with Crippen LogP contribution in [0.25, 0.3) is 0 Å². The van der Waals surface area contributed by atoms with Crippen molar-refractivity contribution in [2.75, 3.05) is 33.0 Å². The molecule has 0 aliphatic carbocycles. The smallest absolute Gasteiger partial charge is 0.262 e. The Bertz CT molecular complexity index is 412. The molecule has 96 valence electrons. The number of rotatable bonds is 3. The van der Waals surface area contributed by atoms with E-state index in [2.05, 4.69) is 4.90 Å². The fourth-order valence-corrected chi connectivity index (χ4v) is 2.47. The SMILES string of the molecule is O=CN1CCN(C2(c3ccccc3)OCO2)CC1. The molecule has 2 aliphatic heterocycles. The first kappa shape index (κ1) is 11.6. The molecule has 2 aliphatic rings. The molecule has 1 aromatic rings. The third-order valence-electron chi connectivity index (χ3n) is 3.53. The van der Waals surface area contributed by atoms with Crippen LogP contribution in [0.5, 0.6) is 0 Å². The minimum absolute atomic E-state index is 0.322. The Morgan fingerprint density at radius 2 is 1.72 bits per heavy atom. The zero-order valence-corrected chi connectivity index (χ0v) is 10.1. The molecule has 5 heteroatoms. The van der Waals surface area contributed by atoms with Crippen molar-refractivity contribution in [3.63, 3.8) is 0 Å². The van der Waals surface area contributed by atoms with E-state index in [1.54, 1.807) is 4.90 Å². The molecular weight excluding hydrogens is 232 g/mol. The molecule has 0 saturated carbocycles. The third kappa shape index (κ3) is 1.80. The summed E-state index contributed by atoms with van der Waals surface area (Å²) in [5.41, 5.74) is 1.01. The standard InChI is InChI=1S/C13H16N2O3/c16-10-14-6-8-15(9-7-14)13(17-11-18-13)12-4-2-1-3-5-12/h1-5,10H,6-9,11H2. The third-order valence-corrected chi connectivity index (χ3v) is 3.53. The summed E-state index contributed by atoms with van der Waals surface area (Å²) in [7, 11) is 0. The lowest BCUT2D eigenvalue weighted by Crippen LogP contribution is -2.62. The summed E-state index contributed by atoms with van der Waals surface area (Å²) in [6, 6.07) is 9.93. The summed E-state index contributed by atoms with van der Waals surface area (Å²) in [4.78, 5) is 14.6. The van der Waals surface area contributed by atoms with Crippen molar-refractivity contribution in [1.82, 2.24) is 9.80 Å². The van der Waals surface area contributed by atoms with Crippen LogP contribution in [0.4, 0.5) is 0 Å². The number of hydrogen-bond acceptors (Lipinski definition) is 4. The molecule has 0 unspecified atom stereocenters. The summed E-state index contributed by atoms with van der Waals surface area (Å²) >= 11 is 0. The highest BCUT2D eigenvalue weighted by atomic mass is 16.9. The largest absolute Gasteiger partial charge is 0.343 e. The van der Waals surface area contributed by atoms with Crippen molar-refractivity contribution in [2.45, 2.75) is 5.91 Å². The van der Waals surface area contributed by atoms with Gasteiger partial charge in [-0.3, -0.25) is 4.79 Å². The predicted molar refractivity (Wildman–Crippen MR) is 64.4 cm³/mol. The van der Waals surface area contributed by atoms with E-state index in [0.29, 0.717) is 19.9 Å². The molecule has 0 N–H and O–H groups in total. The molecule has 1 amide bonds. The Kier molecular flexibility index (Phi) is 3.03. The molecule has 0 atom stereocenters.